The highest BCUT2D eigenvalue weighted by Crippen LogP contribution is 2.40. The molecule has 0 spiro atoms. The van der Waals surface area contributed by atoms with Gasteiger partial charge in [0.2, 0.25) is 10.0 Å². The predicted molar refractivity (Wildman–Crippen MR) is 159 cm³/mol. The summed E-state index contributed by atoms with van der Waals surface area (Å²) in [6, 6.07) is 19.3. The molecular formula is C28H30N4O5S2. The van der Waals surface area contributed by atoms with Crippen LogP contribution in [0.25, 0.3) is 10.1 Å². The summed E-state index contributed by atoms with van der Waals surface area (Å²) >= 11 is 1.23. The van der Waals surface area contributed by atoms with Gasteiger partial charge >= 0.3 is 6.03 Å². The molecule has 9 nitrogen and oxygen atoms in total. The number of fused-ring (bicyclic) bond motifs is 1. The first-order valence-corrected chi connectivity index (χ1v) is 14.7. The molecule has 0 aliphatic heterocycles. The Morgan fingerprint density at radius 2 is 1.54 bits per heavy atom. The number of rotatable bonds is 7. The van der Waals surface area contributed by atoms with Crippen LogP contribution in [0.1, 0.15) is 36.0 Å². The van der Waals surface area contributed by atoms with Gasteiger partial charge < -0.3 is 20.7 Å². The van der Waals surface area contributed by atoms with E-state index in [1.807, 2.05) is 45.0 Å². The van der Waals surface area contributed by atoms with E-state index in [2.05, 4.69) is 20.7 Å². The molecule has 0 fully saturated rings. The minimum absolute atomic E-state index is 0.197. The van der Waals surface area contributed by atoms with Crippen molar-refractivity contribution < 1.29 is 22.7 Å². The Labute approximate surface area is 231 Å². The van der Waals surface area contributed by atoms with E-state index >= 15 is 0 Å². The fourth-order valence-corrected chi connectivity index (χ4v) is 5.49. The Morgan fingerprint density at radius 3 is 2.18 bits per heavy atom. The average molecular weight is 567 g/mol. The van der Waals surface area contributed by atoms with Crippen LogP contribution in [0.2, 0.25) is 0 Å². The zero-order valence-electron chi connectivity index (χ0n) is 22.2. The van der Waals surface area contributed by atoms with Crippen LogP contribution in [0.4, 0.5) is 27.5 Å². The molecule has 3 aromatic carbocycles. The van der Waals surface area contributed by atoms with Crippen LogP contribution in [0, 0.1) is 0 Å². The van der Waals surface area contributed by atoms with Gasteiger partial charge in [-0.2, -0.15) is 0 Å². The van der Waals surface area contributed by atoms with E-state index in [1.165, 1.54) is 18.4 Å². The molecule has 4 aromatic rings. The van der Waals surface area contributed by atoms with Gasteiger partial charge in [-0.3, -0.25) is 9.52 Å². The Hall–Kier alpha value is -4.09. The number of anilines is 4. The highest BCUT2D eigenvalue weighted by Gasteiger charge is 2.23. The van der Waals surface area contributed by atoms with Crippen molar-refractivity contribution >= 4 is 66.1 Å². The SMILES string of the molecule is COc1c(NC(=O)c2cc3cccc(NC(=O)Nc4ccccc4)c3s2)cc(C(C)(C)C)cc1NS(C)(=O)=O. The van der Waals surface area contributed by atoms with E-state index in [1.54, 1.807) is 42.5 Å². The number of amides is 3. The van der Waals surface area contributed by atoms with Crippen molar-refractivity contribution in [2.75, 3.05) is 34.0 Å². The molecule has 1 heterocycles. The minimum atomic E-state index is -3.60. The summed E-state index contributed by atoms with van der Waals surface area (Å²) in [5.41, 5.74) is 2.26. The molecule has 0 atom stereocenters. The van der Waals surface area contributed by atoms with E-state index in [4.69, 9.17) is 4.74 Å². The lowest BCUT2D eigenvalue weighted by Gasteiger charge is -2.23. The lowest BCUT2D eigenvalue weighted by atomic mass is 9.86. The molecule has 0 radical (unpaired) electrons. The van der Waals surface area contributed by atoms with Crippen molar-refractivity contribution in [3.05, 3.63) is 77.2 Å². The fraction of sp³-hybridized carbons (Fsp3) is 0.214. The maximum atomic E-state index is 13.4. The molecule has 0 saturated carbocycles. The van der Waals surface area contributed by atoms with Gasteiger partial charge in [-0.05, 0) is 52.8 Å². The van der Waals surface area contributed by atoms with Crippen molar-refractivity contribution in [1.29, 1.82) is 0 Å². The third kappa shape index (κ3) is 6.87. The lowest BCUT2D eigenvalue weighted by Crippen LogP contribution is -2.19. The van der Waals surface area contributed by atoms with Crippen molar-refractivity contribution in [3.63, 3.8) is 0 Å². The smallest absolute Gasteiger partial charge is 0.323 e. The van der Waals surface area contributed by atoms with Crippen molar-refractivity contribution in [2.24, 2.45) is 0 Å². The molecule has 204 valence electrons. The highest BCUT2D eigenvalue weighted by molar-refractivity contribution is 7.92. The van der Waals surface area contributed by atoms with Crippen LogP contribution in [-0.4, -0.2) is 33.7 Å². The van der Waals surface area contributed by atoms with Crippen LogP contribution in [0.15, 0.2) is 66.7 Å². The second-order valence-electron chi connectivity index (χ2n) is 9.96. The van der Waals surface area contributed by atoms with E-state index in [-0.39, 0.29) is 16.9 Å². The molecule has 0 aliphatic rings. The molecule has 4 N–H and O–H groups in total. The van der Waals surface area contributed by atoms with Gasteiger partial charge in [0, 0.05) is 5.69 Å². The van der Waals surface area contributed by atoms with Gasteiger partial charge in [-0.25, -0.2) is 13.2 Å². The van der Waals surface area contributed by atoms with Crippen LogP contribution < -0.4 is 25.4 Å². The summed E-state index contributed by atoms with van der Waals surface area (Å²) in [5, 5.41) is 9.30. The number of nitrogens with one attached hydrogen (secondary N) is 4. The maximum Gasteiger partial charge on any atom is 0.323 e. The summed E-state index contributed by atoms with van der Waals surface area (Å²) in [7, 11) is -2.19. The number of carbonyl (C=O) groups excluding carboxylic acids is 2. The Balaban J connectivity index is 1.64. The zero-order chi connectivity index (χ0) is 28.4. The van der Waals surface area contributed by atoms with Crippen LogP contribution in [0.3, 0.4) is 0 Å². The number of methoxy groups -OCH3 is 1. The maximum absolute atomic E-state index is 13.4. The van der Waals surface area contributed by atoms with E-state index in [0.717, 1.165) is 21.9 Å². The molecule has 1 aromatic heterocycles. The zero-order valence-corrected chi connectivity index (χ0v) is 23.8. The van der Waals surface area contributed by atoms with Gasteiger partial charge in [0.1, 0.15) is 0 Å². The number of sulfonamides is 1. The average Bonchev–Trinajstić information content (AvgIpc) is 3.29. The van der Waals surface area contributed by atoms with Crippen molar-refractivity contribution in [2.45, 2.75) is 26.2 Å². The van der Waals surface area contributed by atoms with Gasteiger partial charge in [0.25, 0.3) is 5.91 Å². The van der Waals surface area contributed by atoms with E-state index in [0.29, 0.717) is 21.9 Å². The fourth-order valence-electron chi connectivity index (χ4n) is 3.91. The Bertz CT molecular complexity index is 1640. The van der Waals surface area contributed by atoms with Gasteiger partial charge in [0.15, 0.2) is 5.75 Å². The number of carbonyl (C=O) groups is 2. The van der Waals surface area contributed by atoms with Crippen molar-refractivity contribution in [1.82, 2.24) is 0 Å². The van der Waals surface area contributed by atoms with Gasteiger partial charge in [-0.15, -0.1) is 11.3 Å². The first-order valence-electron chi connectivity index (χ1n) is 12.0. The molecular weight excluding hydrogens is 536 g/mol. The van der Waals surface area contributed by atoms with Crippen molar-refractivity contribution in [3.8, 4) is 5.75 Å². The standard InChI is InChI=1S/C28H30N4O5S2/c1-28(2,3)18-15-21(24(37-4)22(16-18)32-39(5,35)36)30-26(33)23-14-17-10-9-13-20(25(17)38-23)31-27(34)29-19-11-7-6-8-12-19/h6-16,32H,1-5H3,(H,30,33)(H2,29,31,34). The topological polar surface area (TPSA) is 126 Å². The largest absolute Gasteiger partial charge is 0.492 e. The molecule has 0 aliphatic carbocycles. The summed E-state index contributed by atoms with van der Waals surface area (Å²) in [6.45, 7) is 5.96. The quantitative estimate of drug-likeness (QED) is 0.204. The van der Waals surface area contributed by atoms with Crippen LogP contribution in [0.5, 0.6) is 5.75 Å². The lowest BCUT2D eigenvalue weighted by molar-refractivity contribution is 0.103. The third-order valence-corrected chi connectivity index (χ3v) is 7.52. The van der Waals surface area contributed by atoms with E-state index < -0.39 is 22.0 Å². The number of urea groups is 1. The normalized spacial score (nSPS) is 11.6. The first-order chi connectivity index (χ1) is 18.3. The molecule has 0 bridgehead atoms. The Morgan fingerprint density at radius 1 is 0.846 bits per heavy atom. The summed E-state index contributed by atoms with van der Waals surface area (Å²) in [4.78, 5) is 26.4. The second-order valence-corrected chi connectivity index (χ2v) is 12.8. The number of thiophene rings is 1. The molecule has 39 heavy (non-hydrogen) atoms. The minimum Gasteiger partial charge on any atom is -0.492 e. The van der Waals surface area contributed by atoms with Gasteiger partial charge in [0.05, 0.1) is 40.0 Å². The number of benzene rings is 3. The van der Waals surface area contributed by atoms with E-state index in [9.17, 15) is 18.0 Å². The van der Waals surface area contributed by atoms with Gasteiger partial charge in [-0.1, -0.05) is 51.1 Å². The first kappa shape index (κ1) is 27.9. The number of hydrogen-bond donors (Lipinski definition) is 4. The molecule has 0 unspecified atom stereocenters. The molecule has 0 saturated heterocycles. The second kappa shape index (κ2) is 11.0. The highest BCUT2D eigenvalue weighted by atomic mass is 32.2. The molecule has 4 rings (SSSR count). The number of hydrogen-bond acceptors (Lipinski definition) is 6. The predicted octanol–water partition coefficient (Wildman–Crippen LogP) is 6.48. The Kier molecular flexibility index (Phi) is 7.84. The summed E-state index contributed by atoms with van der Waals surface area (Å²) in [6.07, 6.45) is 1.05. The van der Waals surface area contributed by atoms with Crippen LogP contribution in [-0.2, 0) is 15.4 Å². The molecule has 3 amide bonds. The molecule has 11 heteroatoms. The monoisotopic (exact) mass is 566 g/mol. The summed E-state index contributed by atoms with van der Waals surface area (Å²) < 4.78 is 32.7. The number of para-hydroxylation sites is 1. The number of ether oxygens (including phenoxy) is 1. The summed E-state index contributed by atoms with van der Waals surface area (Å²) in [5.74, 6) is -0.201. The third-order valence-electron chi connectivity index (χ3n) is 5.75. The van der Waals surface area contributed by atoms with Crippen LogP contribution >= 0.6 is 11.3 Å².